The maximum Gasteiger partial charge on any atom is 0.214 e. The molecule has 74 valence electrons. The van der Waals surface area contributed by atoms with Gasteiger partial charge in [0.2, 0.25) is 10.0 Å². The summed E-state index contributed by atoms with van der Waals surface area (Å²) in [5.41, 5.74) is 0. The normalized spacial score (nSPS) is 15.1. The largest absolute Gasteiger partial charge is 0.218 e. The van der Waals surface area contributed by atoms with Gasteiger partial charge in [-0.25, -0.2) is 13.1 Å². The monoisotopic (exact) mass is 193 g/mol. The minimum absolute atomic E-state index is 0.234. The van der Waals surface area contributed by atoms with E-state index in [2.05, 4.69) is 4.72 Å². The highest BCUT2D eigenvalue weighted by molar-refractivity contribution is 7.90. The highest BCUT2D eigenvalue weighted by atomic mass is 32.2. The lowest BCUT2D eigenvalue weighted by Crippen LogP contribution is -2.32. The van der Waals surface area contributed by atoms with Gasteiger partial charge in [-0.3, -0.25) is 0 Å². The molecule has 0 aliphatic rings. The molecule has 0 saturated carbocycles. The number of hydrogen-bond acceptors (Lipinski definition) is 2. The Morgan fingerprint density at radius 3 is 2.08 bits per heavy atom. The lowest BCUT2D eigenvalue weighted by molar-refractivity contribution is 0.512. The molecule has 1 atom stereocenters. The second kappa shape index (κ2) is 4.82. The molecule has 0 aromatic carbocycles. The third kappa shape index (κ3) is 3.54. The lowest BCUT2D eigenvalue weighted by Gasteiger charge is -2.16. The van der Waals surface area contributed by atoms with Crippen LogP contribution in [0.5, 0.6) is 0 Å². The van der Waals surface area contributed by atoms with Crippen molar-refractivity contribution in [1.82, 2.24) is 4.72 Å². The molecule has 0 fully saturated rings. The maximum atomic E-state index is 11.4. The van der Waals surface area contributed by atoms with Crippen LogP contribution >= 0.6 is 0 Å². The van der Waals surface area contributed by atoms with Crippen LogP contribution in [-0.2, 0) is 10.0 Å². The number of rotatable bonds is 5. The van der Waals surface area contributed by atoms with Crippen molar-refractivity contribution in [3.05, 3.63) is 0 Å². The number of hydrogen-bond donors (Lipinski definition) is 1. The lowest BCUT2D eigenvalue weighted by atomic mass is 10.1. The van der Waals surface area contributed by atoms with Crippen molar-refractivity contribution in [2.75, 3.05) is 7.05 Å². The zero-order chi connectivity index (χ0) is 9.78. The molecule has 0 radical (unpaired) electrons. The van der Waals surface area contributed by atoms with Crippen molar-refractivity contribution in [3.8, 4) is 0 Å². The molecular weight excluding hydrogens is 174 g/mol. The quantitative estimate of drug-likeness (QED) is 0.716. The first-order valence-corrected chi connectivity index (χ1v) is 5.91. The summed E-state index contributed by atoms with van der Waals surface area (Å²) >= 11 is 0. The van der Waals surface area contributed by atoms with Crippen molar-refractivity contribution in [2.24, 2.45) is 5.92 Å². The standard InChI is InChI=1S/C8H19NO2S/c1-5-8(6-7(2)3)12(10,11)9-4/h7-9H,5-6H2,1-4H3. The van der Waals surface area contributed by atoms with Crippen LogP contribution in [-0.4, -0.2) is 20.7 Å². The van der Waals surface area contributed by atoms with E-state index in [0.717, 1.165) is 6.42 Å². The third-order valence-electron chi connectivity index (χ3n) is 1.91. The van der Waals surface area contributed by atoms with Crippen molar-refractivity contribution < 1.29 is 8.42 Å². The van der Waals surface area contributed by atoms with Crippen LogP contribution < -0.4 is 4.72 Å². The molecule has 0 aromatic rings. The molecule has 0 spiro atoms. The molecule has 0 heterocycles. The molecule has 1 N–H and O–H groups in total. The fraction of sp³-hybridized carbons (Fsp3) is 1.00. The maximum absolute atomic E-state index is 11.4. The van der Waals surface area contributed by atoms with Crippen molar-refractivity contribution in [3.63, 3.8) is 0 Å². The molecule has 0 rings (SSSR count). The van der Waals surface area contributed by atoms with E-state index in [4.69, 9.17) is 0 Å². The molecule has 1 unspecified atom stereocenters. The van der Waals surface area contributed by atoms with E-state index in [1.807, 2.05) is 20.8 Å². The predicted octanol–water partition coefficient (Wildman–Crippen LogP) is 1.36. The molecule has 0 aromatic heterocycles. The summed E-state index contributed by atoms with van der Waals surface area (Å²) in [5, 5.41) is -0.234. The molecule has 3 nitrogen and oxygen atoms in total. The smallest absolute Gasteiger partial charge is 0.214 e. The van der Waals surface area contributed by atoms with Gasteiger partial charge in [-0.15, -0.1) is 0 Å². The molecule has 0 saturated heterocycles. The van der Waals surface area contributed by atoms with E-state index in [-0.39, 0.29) is 5.25 Å². The van der Waals surface area contributed by atoms with Crippen LogP contribution in [0.2, 0.25) is 0 Å². The summed E-state index contributed by atoms with van der Waals surface area (Å²) in [4.78, 5) is 0. The van der Waals surface area contributed by atoms with Crippen molar-refractivity contribution >= 4 is 10.0 Å². The Hall–Kier alpha value is -0.0900. The first-order chi connectivity index (χ1) is 5.44. The van der Waals surface area contributed by atoms with Crippen LogP contribution in [0.15, 0.2) is 0 Å². The Balaban J connectivity index is 4.35. The van der Waals surface area contributed by atoms with Crippen LogP contribution in [0.1, 0.15) is 33.6 Å². The summed E-state index contributed by atoms with van der Waals surface area (Å²) in [7, 11) is -1.58. The van der Waals surface area contributed by atoms with Gasteiger partial charge in [-0.05, 0) is 25.8 Å². The van der Waals surface area contributed by atoms with E-state index < -0.39 is 10.0 Å². The van der Waals surface area contributed by atoms with E-state index in [0.29, 0.717) is 12.3 Å². The highest BCUT2D eigenvalue weighted by Crippen LogP contribution is 2.14. The molecule has 0 bridgehead atoms. The van der Waals surface area contributed by atoms with Crippen LogP contribution in [0.4, 0.5) is 0 Å². The van der Waals surface area contributed by atoms with Gasteiger partial charge in [0.25, 0.3) is 0 Å². The van der Waals surface area contributed by atoms with Crippen molar-refractivity contribution in [2.45, 2.75) is 38.9 Å². The van der Waals surface area contributed by atoms with E-state index in [9.17, 15) is 8.42 Å². The second-order valence-corrected chi connectivity index (χ2v) is 5.57. The van der Waals surface area contributed by atoms with Gasteiger partial charge in [0.15, 0.2) is 0 Å². The summed E-state index contributed by atoms with van der Waals surface area (Å²) in [6.45, 7) is 5.98. The molecule has 0 aliphatic heterocycles. The molecule has 0 aliphatic carbocycles. The molecular formula is C8H19NO2S. The fourth-order valence-corrected chi connectivity index (χ4v) is 2.62. The molecule has 4 heteroatoms. The number of sulfonamides is 1. The Kier molecular flexibility index (Phi) is 4.78. The highest BCUT2D eigenvalue weighted by Gasteiger charge is 2.22. The third-order valence-corrected chi connectivity index (χ3v) is 3.89. The van der Waals surface area contributed by atoms with Gasteiger partial charge in [-0.1, -0.05) is 20.8 Å². The first-order valence-electron chi connectivity index (χ1n) is 4.36. The van der Waals surface area contributed by atoms with Gasteiger partial charge in [0.1, 0.15) is 0 Å². The van der Waals surface area contributed by atoms with E-state index >= 15 is 0 Å². The predicted molar refractivity (Wildman–Crippen MR) is 51.5 cm³/mol. The Morgan fingerprint density at radius 1 is 1.33 bits per heavy atom. The Bertz CT molecular complexity index is 209. The van der Waals surface area contributed by atoms with Crippen LogP contribution in [0, 0.1) is 5.92 Å². The summed E-state index contributed by atoms with van der Waals surface area (Å²) < 4.78 is 25.1. The minimum atomic E-state index is -3.06. The Labute approximate surface area is 75.6 Å². The SMILES string of the molecule is CCC(CC(C)C)S(=O)(=O)NC. The van der Waals surface area contributed by atoms with Crippen LogP contribution in [0.3, 0.4) is 0 Å². The van der Waals surface area contributed by atoms with Crippen molar-refractivity contribution in [1.29, 1.82) is 0 Å². The first kappa shape index (κ1) is 11.9. The average Bonchev–Trinajstić information content (AvgIpc) is 1.99. The molecule has 0 amide bonds. The fourth-order valence-electron chi connectivity index (χ4n) is 1.21. The minimum Gasteiger partial charge on any atom is -0.218 e. The zero-order valence-corrected chi connectivity index (χ0v) is 9.11. The Morgan fingerprint density at radius 2 is 1.83 bits per heavy atom. The topological polar surface area (TPSA) is 46.2 Å². The zero-order valence-electron chi connectivity index (χ0n) is 8.29. The second-order valence-electron chi connectivity index (χ2n) is 3.41. The van der Waals surface area contributed by atoms with E-state index in [1.54, 1.807) is 0 Å². The van der Waals surface area contributed by atoms with E-state index in [1.165, 1.54) is 7.05 Å². The van der Waals surface area contributed by atoms with Gasteiger partial charge >= 0.3 is 0 Å². The number of nitrogens with one attached hydrogen (secondary N) is 1. The molecule has 12 heavy (non-hydrogen) atoms. The summed E-state index contributed by atoms with van der Waals surface area (Å²) in [5.74, 6) is 0.429. The van der Waals surface area contributed by atoms with Crippen LogP contribution in [0.25, 0.3) is 0 Å². The van der Waals surface area contributed by atoms with Gasteiger partial charge < -0.3 is 0 Å². The van der Waals surface area contributed by atoms with Gasteiger partial charge in [0.05, 0.1) is 5.25 Å². The average molecular weight is 193 g/mol. The van der Waals surface area contributed by atoms with Gasteiger partial charge in [0, 0.05) is 0 Å². The van der Waals surface area contributed by atoms with Gasteiger partial charge in [-0.2, -0.15) is 0 Å². The summed E-state index contributed by atoms with van der Waals surface area (Å²) in [6.07, 6.45) is 1.42. The summed E-state index contributed by atoms with van der Waals surface area (Å²) in [6, 6.07) is 0.